The van der Waals surface area contributed by atoms with Crippen LogP contribution >= 0.6 is 0 Å². The zero-order valence-corrected chi connectivity index (χ0v) is 13.4. The molecule has 1 rings (SSSR count). The molecule has 0 unspecified atom stereocenters. The van der Waals surface area contributed by atoms with E-state index < -0.39 is 0 Å². The highest BCUT2D eigenvalue weighted by Crippen LogP contribution is 2.23. The summed E-state index contributed by atoms with van der Waals surface area (Å²) in [6.07, 6.45) is 6.00. The zero-order valence-electron chi connectivity index (χ0n) is 13.4. The van der Waals surface area contributed by atoms with Gasteiger partial charge in [0.05, 0.1) is 12.3 Å². The molecule has 0 aliphatic heterocycles. The van der Waals surface area contributed by atoms with E-state index in [1.807, 2.05) is 13.8 Å². The Morgan fingerprint density at radius 1 is 1.24 bits per heavy atom. The van der Waals surface area contributed by atoms with Crippen LogP contribution < -0.4 is 15.8 Å². The average Bonchev–Trinajstić information content (AvgIpc) is 2.43. The minimum atomic E-state index is -0.109. The summed E-state index contributed by atoms with van der Waals surface area (Å²) in [5.74, 6) is 0.550. The van der Waals surface area contributed by atoms with E-state index in [2.05, 4.69) is 12.2 Å². The predicted molar refractivity (Wildman–Crippen MR) is 87.7 cm³/mol. The lowest BCUT2D eigenvalue weighted by Gasteiger charge is -2.12. The van der Waals surface area contributed by atoms with Crippen molar-refractivity contribution in [2.24, 2.45) is 0 Å². The number of nitrogens with one attached hydrogen (secondary N) is 1. The third-order valence-electron chi connectivity index (χ3n) is 3.20. The molecule has 0 saturated heterocycles. The summed E-state index contributed by atoms with van der Waals surface area (Å²) >= 11 is 0. The number of carbonyl (C=O) groups excluding carboxylic acids is 1. The smallest absolute Gasteiger partial charge is 0.251 e. The van der Waals surface area contributed by atoms with Gasteiger partial charge in [0.2, 0.25) is 0 Å². The van der Waals surface area contributed by atoms with Gasteiger partial charge in [-0.15, -0.1) is 0 Å². The molecule has 0 atom stereocenters. The van der Waals surface area contributed by atoms with Crippen LogP contribution in [-0.2, 0) is 0 Å². The molecule has 118 valence electrons. The first kappa shape index (κ1) is 17.3. The molecule has 21 heavy (non-hydrogen) atoms. The summed E-state index contributed by atoms with van der Waals surface area (Å²) < 4.78 is 5.68. The van der Waals surface area contributed by atoms with E-state index in [9.17, 15) is 4.79 Å². The lowest BCUT2D eigenvalue weighted by molar-refractivity contribution is 0.0943. The summed E-state index contributed by atoms with van der Waals surface area (Å²) in [5, 5.41) is 2.84. The van der Waals surface area contributed by atoms with Crippen molar-refractivity contribution in [2.45, 2.75) is 58.9 Å². The van der Waals surface area contributed by atoms with Crippen LogP contribution in [0.25, 0.3) is 0 Å². The van der Waals surface area contributed by atoms with E-state index in [1.54, 1.807) is 18.2 Å². The molecule has 0 aliphatic rings. The number of carbonyl (C=O) groups is 1. The van der Waals surface area contributed by atoms with Crippen molar-refractivity contribution in [3.8, 4) is 5.75 Å². The summed E-state index contributed by atoms with van der Waals surface area (Å²) in [7, 11) is 0. The van der Waals surface area contributed by atoms with E-state index in [1.165, 1.54) is 25.7 Å². The van der Waals surface area contributed by atoms with Crippen LogP contribution in [-0.4, -0.2) is 18.6 Å². The average molecular weight is 292 g/mol. The first-order valence-electron chi connectivity index (χ1n) is 7.87. The molecule has 0 aliphatic carbocycles. The Kier molecular flexibility index (Phi) is 7.65. The van der Waals surface area contributed by atoms with Crippen molar-refractivity contribution in [3.05, 3.63) is 23.8 Å². The maximum atomic E-state index is 11.9. The van der Waals surface area contributed by atoms with Gasteiger partial charge < -0.3 is 15.8 Å². The number of nitrogen functional groups attached to an aromatic ring is 1. The van der Waals surface area contributed by atoms with Crippen LogP contribution in [0.15, 0.2) is 18.2 Å². The lowest BCUT2D eigenvalue weighted by atomic mass is 10.1. The number of nitrogens with two attached hydrogens (primary N) is 1. The Bertz CT molecular complexity index is 444. The number of amides is 1. The van der Waals surface area contributed by atoms with Gasteiger partial charge in [-0.3, -0.25) is 4.79 Å². The molecule has 0 aromatic heterocycles. The first-order valence-corrected chi connectivity index (χ1v) is 7.87. The van der Waals surface area contributed by atoms with E-state index in [0.717, 1.165) is 6.42 Å². The van der Waals surface area contributed by atoms with Crippen molar-refractivity contribution < 1.29 is 9.53 Å². The van der Waals surface area contributed by atoms with E-state index in [0.29, 0.717) is 23.6 Å². The SMILES string of the molecule is CCCCCCCOc1ccc(C(=O)NC(C)C)cc1N. The molecule has 3 N–H and O–H groups in total. The number of hydrogen-bond acceptors (Lipinski definition) is 3. The van der Waals surface area contributed by atoms with Gasteiger partial charge in [0, 0.05) is 11.6 Å². The van der Waals surface area contributed by atoms with Crippen molar-refractivity contribution in [2.75, 3.05) is 12.3 Å². The topological polar surface area (TPSA) is 64.3 Å². The number of hydrogen-bond donors (Lipinski definition) is 2. The first-order chi connectivity index (χ1) is 10.0. The molecule has 4 nitrogen and oxygen atoms in total. The van der Waals surface area contributed by atoms with Gasteiger partial charge in [-0.05, 0) is 38.5 Å². The second-order valence-electron chi connectivity index (χ2n) is 5.64. The highest BCUT2D eigenvalue weighted by molar-refractivity contribution is 5.95. The van der Waals surface area contributed by atoms with Gasteiger partial charge >= 0.3 is 0 Å². The van der Waals surface area contributed by atoms with Crippen LogP contribution in [0.5, 0.6) is 5.75 Å². The van der Waals surface area contributed by atoms with Crippen molar-refractivity contribution >= 4 is 11.6 Å². The normalized spacial score (nSPS) is 10.7. The number of anilines is 1. The summed E-state index contributed by atoms with van der Waals surface area (Å²) in [5.41, 5.74) is 7.03. The largest absolute Gasteiger partial charge is 0.491 e. The van der Waals surface area contributed by atoms with Crippen LogP contribution in [0, 0.1) is 0 Å². The molecule has 0 fully saturated rings. The maximum Gasteiger partial charge on any atom is 0.251 e. The van der Waals surface area contributed by atoms with Crippen LogP contribution in [0.1, 0.15) is 63.2 Å². The number of ether oxygens (including phenoxy) is 1. The molecule has 1 amide bonds. The van der Waals surface area contributed by atoms with Crippen LogP contribution in [0.3, 0.4) is 0 Å². The van der Waals surface area contributed by atoms with E-state index in [-0.39, 0.29) is 11.9 Å². The van der Waals surface area contributed by atoms with Crippen molar-refractivity contribution in [1.29, 1.82) is 0 Å². The van der Waals surface area contributed by atoms with Crippen LogP contribution in [0.4, 0.5) is 5.69 Å². The van der Waals surface area contributed by atoms with Gasteiger partial charge in [-0.1, -0.05) is 32.6 Å². The van der Waals surface area contributed by atoms with Crippen molar-refractivity contribution in [1.82, 2.24) is 5.32 Å². The number of rotatable bonds is 9. The molecule has 4 heteroatoms. The standard InChI is InChI=1S/C17H28N2O2/c1-4-5-6-7-8-11-21-16-10-9-14(12-15(16)18)17(20)19-13(2)3/h9-10,12-13H,4-8,11,18H2,1-3H3,(H,19,20). The summed E-state index contributed by atoms with van der Waals surface area (Å²) in [4.78, 5) is 11.9. The molecule has 0 radical (unpaired) electrons. The second-order valence-corrected chi connectivity index (χ2v) is 5.64. The number of benzene rings is 1. The van der Waals surface area contributed by atoms with E-state index in [4.69, 9.17) is 10.5 Å². The van der Waals surface area contributed by atoms with Crippen LogP contribution in [0.2, 0.25) is 0 Å². The Labute approximate surface area is 128 Å². The lowest BCUT2D eigenvalue weighted by Crippen LogP contribution is -2.30. The second kappa shape index (κ2) is 9.27. The fourth-order valence-electron chi connectivity index (χ4n) is 2.05. The minimum absolute atomic E-state index is 0.109. The highest BCUT2D eigenvalue weighted by atomic mass is 16.5. The molecule has 1 aromatic carbocycles. The Morgan fingerprint density at radius 3 is 2.57 bits per heavy atom. The molecule has 0 bridgehead atoms. The highest BCUT2D eigenvalue weighted by Gasteiger charge is 2.09. The maximum absolute atomic E-state index is 11.9. The Morgan fingerprint density at radius 2 is 1.95 bits per heavy atom. The molecular formula is C17H28N2O2. The molecule has 0 spiro atoms. The molecule has 0 saturated carbocycles. The zero-order chi connectivity index (χ0) is 15.7. The molecular weight excluding hydrogens is 264 g/mol. The molecule has 1 aromatic rings. The quantitative estimate of drug-likeness (QED) is 0.538. The predicted octanol–water partition coefficient (Wildman–Crippen LogP) is 3.76. The van der Waals surface area contributed by atoms with Crippen molar-refractivity contribution in [3.63, 3.8) is 0 Å². The minimum Gasteiger partial charge on any atom is -0.491 e. The third-order valence-corrected chi connectivity index (χ3v) is 3.20. The number of unbranched alkanes of at least 4 members (excludes halogenated alkanes) is 4. The van der Waals surface area contributed by atoms with Gasteiger partial charge in [0.15, 0.2) is 0 Å². The van der Waals surface area contributed by atoms with Gasteiger partial charge in [0.1, 0.15) is 5.75 Å². The fourth-order valence-corrected chi connectivity index (χ4v) is 2.05. The van der Waals surface area contributed by atoms with E-state index >= 15 is 0 Å². The summed E-state index contributed by atoms with van der Waals surface area (Å²) in [6.45, 7) is 6.73. The Hall–Kier alpha value is -1.71. The van der Waals surface area contributed by atoms with Gasteiger partial charge in [0.25, 0.3) is 5.91 Å². The molecule has 0 heterocycles. The Balaban J connectivity index is 2.45. The summed E-state index contributed by atoms with van der Waals surface area (Å²) in [6, 6.07) is 5.30. The monoisotopic (exact) mass is 292 g/mol. The third kappa shape index (κ3) is 6.52. The fraction of sp³-hybridized carbons (Fsp3) is 0.588. The van der Waals surface area contributed by atoms with Gasteiger partial charge in [-0.2, -0.15) is 0 Å². The van der Waals surface area contributed by atoms with Gasteiger partial charge in [-0.25, -0.2) is 0 Å².